The van der Waals surface area contributed by atoms with Gasteiger partial charge in [0.05, 0.1) is 45.3 Å². The number of primary amides is 1. The Morgan fingerprint density at radius 3 is 1.77 bits per heavy atom. The quantitative estimate of drug-likeness (QED) is 0.0309. The monoisotopic (exact) mass is 1020 g/mol. The third kappa shape index (κ3) is 13.3. The first-order chi connectivity index (χ1) is 33.5. The number of likely N-dealkylation sites (tertiary alicyclic amines) is 1. The number of hydrogen-bond donors (Lipinski definition) is 3. The van der Waals surface area contributed by atoms with Gasteiger partial charge in [-0.25, -0.2) is 14.4 Å². The summed E-state index contributed by atoms with van der Waals surface area (Å²) in [6.07, 6.45) is -2.87. The lowest BCUT2D eigenvalue weighted by molar-refractivity contribution is -0.385. The minimum atomic E-state index is -2.13. The molecule has 0 radical (unpaired) electrons. The number of nitrogens with two attached hydrogens (primary N) is 1. The Balaban J connectivity index is 1.22. The Bertz CT molecular complexity index is 2600. The van der Waals surface area contributed by atoms with Crippen molar-refractivity contribution in [3.05, 3.63) is 130 Å². The Hall–Kier alpha value is -7.45. The van der Waals surface area contributed by atoms with E-state index in [0.717, 1.165) is 0 Å². The van der Waals surface area contributed by atoms with Crippen molar-refractivity contribution in [3.8, 4) is 0 Å². The van der Waals surface area contributed by atoms with Crippen molar-refractivity contribution in [1.82, 2.24) is 20.4 Å². The van der Waals surface area contributed by atoms with E-state index in [4.69, 9.17) is 24.4 Å². The van der Waals surface area contributed by atoms with Crippen LogP contribution in [0.15, 0.2) is 83.4 Å². The summed E-state index contributed by atoms with van der Waals surface area (Å²) in [6, 6.07) is 13.2. The molecule has 4 N–H and O–H groups in total. The van der Waals surface area contributed by atoms with E-state index < -0.39 is 101 Å². The number of fused-ring (bicyclic) bond motifs is 1. The summed E-state index contributed by atoms with van der Waals surface area (Å²) >= 11 is 1.25. The number of ether oxygens (including phenoxy) is 3. The number of nitro groups is 3. The van der Waals surface area contributed by atoms with Gasteiger partial charge in [-0.15, -0.1) is 11.8 Å². The maximum atomic E-state index is 14.1. The number of hydrogen-bond acceptors (Lipinski definition) is 17. The van der Waals surface area contributed by atoms with E-state index in [0.29, 0.717) is 21.6 Å². The Labute approximate surface area is 411 Å². The number of thioether (sulfide) groups is 1. The molecule has 3 aliphatic rings. The zero-order valence-corrected chi connectivity index (χ0v) is 41.0. The third-order valence-electron chi connectivity index (χ3n) is 11.8. The molecule has 0 saturated carbocycles. The highest BCUT2D eigenvalue weighted by atomic mass is 32.2. The summed E-state index contributed by atoms with van der Waals surface area (Å²) in [5, 5.41) is 37.9. The smallest absolute Gasteiger partial charge is 0.410 e. The SMILES string of the molecule is C[C@@H](O[Si](C)(C)C)[C@H]1C(=O)N2C(C(=O)OCc3ccc([N+](=O)[O-])cc3)=C(S[C@H]3C[C@@H](CNC(=O)[C@H](CC(N)=O)NC(=O)OCc4ccc([N+](=O)[O-])cc4)N(C(=O)OCc4ccc([N+](=O)[O-])cc4)C3)[C@H](C)[C@H]12. The van der Waals surface area contributed by atoms with E-state index in [1.54, 1.807) is 0 Å². The molecule has 3 heterocycles. The largest absolute Gasteiger partial charge is 0.456 e. The molecule has 0 unspecified atom stereocenters. The number of nitro benzene ring substituents is 3. The summed E-state index contributed by atoms with van der Waals surface area (Å²) in [7, 11) is -2.13. The van der Waals surface area contributed by atoms with E-state index in [-0.39, 0.29) is 68.0 Å². The van der Waals surface area contributed by atoms with E-state index >= 15 is 0 Å². The van der Waals surface area contributed by atoms with Crippen LogP contribution in [0.2, 0.25) is 19.6 Å². The molecule has 2 fully saturated rings. The van der Waals surface area contributed by atoms with Crippen LogP contribution in [0.1, 0.15) is 43.4 Å². The van der Waals surface area contributed by atoms with Crippen molar-refractivity contribution in [3.63, 3.8) is 0 Å². The highest BCUT2D eigenvalue weighted by Gasteiger charge is 2.61. The second-order valence-electron chi connectivity index (χ2n) is 18.0. The molecule has 378 valence electrons. The summed E-state index contributed by atoms with van der Waals surface area (Å²) in [4.78, 5) is 116. The van der Waals surface area contributed by atoms with Gasteiger partial charge in [0.15, 0.2) is 8.32 Å². The fourth-order valence-electron chi connectivity index (χ4n) is 8.51. The normalized spacial score (nSPS) is 20.2. The molecule has 3 aromatic rings. The minimum absolute atomic E-state index is 0.000749. The van der Waals surface area contributed by atoms with Crippen LogP contribution in [0, 0.1) is 42.2 Å². The number of amides is 5. The van der Waals surface area contributed by atoms with Crippen molar-refractivity contribution >= 4 is 73.0 Å². The molecule has 6 rings (SSSR count). The van der Waals surface area contributed by atoms with Crippen molar-refractivity contribution in [2.24, 2.45) is 17.6 Å². The molecule has 5 amide bonds. The van der Waals surface area contributed by atoms with Gasteiger partial charge in [0.2, 0.25) is 17.7 Å². The lowest BCUT2D eigenvalue weighted by atomic mass is 9.79. The number of benzene rings is 3. The van der Waals surface area contributed by atoms with Gasteiger partial charge in [-0.3, -0.25) is 44.7 Å². The first-order valence-corrected chi connectivity index (χ1v) is 26.5. The third-order valence-corrected chi connectivity index (χ3v) is 14.4. The topological polar surface area (TPSA) is 325 Å². The van der Waals surface area contributed by atoms with Crippen LogP contribution >= 0.6 is 11.8 Å². The number of β-lactam (4-membered cyclic amide) rings is 1. The Morgan fingerprint density at radius 2 is 1.30 bits per heavy atom. The van der Waals surface area contributed by atoms with E-state index in [1.807, 2.05) is 33.5 Å². The highest BCUT2D eigenvalue weighted by Crippen LogP contribution is 2.53. The summed E-state index contributed by atoms with van der Waals surface area (Å²) in [5.74, 6) is -3.96. The van der Waals surface area contributed by atoms with Crippen molar-refractivity contribution < 1.29 is 62.2 Å². The lowest BCUT2D eigenvalue weighted by Gasteiger charge is -2.48. The van der Waals surface area contributed by atoms with Gasteiger partial charge in [-0.2, -0.15) is 0 Å². The molecule has 26 heteroatoms. The van der Waals surface area contributed by atoms with Crippen molar-refractivity contribution in [2.45, 2.75) is 95.6 Å². The number of carbonyl (C=O) groups excluding carboxylic acids is 6. The van der Waals surface area contributed by atoms with Crippen LogP contribution in [0.25, 0.3) is 0 Å². The van der Waals surface area contributed by atoms with Crippen LogP contribution in [0.3, 0.4) is 0 Å². The Kier molecular flexibility index (Phi) is 16.8. The second kappa shape index (κ2) is 22.5. The lowest BCUT2D eigenvalue weighted by Crippen LogP contribution is -2.64. The predicted octanol–water partition coefficient (Wildman–Crippen LogP) is 5.18. The molecule has 24 nitrogen and oxygen atoms in total. The van der Waals surface area contributed by atoms with Gasteiger partial charge in [-0.05, 0) is 86.1 Å². The van der Waals surface area contributed by atoms with Crippen LogP contribution in [0.4, 0.5) is 26.7 Å². The summed E-state index contributed by atoms with van der Waals surface area (Å²) in [6.45, 7) is 8.59. The molecule has 0 aliphatic carbocycles. The minimum Gasteiger partial charge on any atom is -0.456 e. The summed E-state index contributed by atoms with van der Waals surface area (Å²) < 4.78 is 22.9. The number of nitrogens with zero attached hydrogens (tertiary/aromatic N) is 5. The van der Waals surface area contributed by atoms with Crippen LogP contribution in [-0.4, -0.2) is 111 Å². The fraction of sp³-hybridized carbons (Fsp3) is 0.422. The van der Waals surface area contributed by atoms with Gasteiger partial charge in [-0.1, -0.05) is 6.92 Å². The number of nitrogens with one attached hydrogen (secondary N) is 2. The average molecular weight is 1020 g/mol. The number of non-ortho nitro benzene ring substituents is 3. The molecular weight excluding hydrogens is 969 g/mol. The number of esters is 1. The molecule has 3 aromatic carbocycles. The number of alkyl carbamates (subject to hydrolysis) is 1. The predicted molar refractivity (Wildman–Crippen MR) is 254 cm³/mol. The zero-order chi connectivity index (χ0) is 51.9. The zero-order valence-electron chi connectivity index (χ0n) is 39.2. The molecule has 0 spiro atoms. The van der Waals surface area contributed by atoms with Gasteiger partial charge in [0, 0.05) is 65.6 Å². The van der Waals surface area contributed by atoms with Crippen LogP contribution in [-0.2, 0) is 57.6 Å². The number of rotatable bonds is 21. The van der Waals surface area contributed by atoms with E-state index in [2.05, 4.69) is 10.6 Å². The van der Waals surface area contributed by atoms with Crippen LogP contribution < -0.4 is 16.4 Å². The molecule has 7 atom stereocenters. The maximum Gasteiger partial charge on any atom is 0.410 e. The molecular formula is C45H52N8O16SSi. The molecule has 3 aliphatic heterocycles. The van der Waals surface area contributed by atoms with Gasteiger partial charge < -0.3 is 44.8 Å². The molecule has 0 bridgehead atoms. The van der Waals surface area contributed by atoms with E-state index in [9.17, 15) is 59.1 Å². The van der Waals surface area contributed by atoms with Gasteiger partial charge >= 0.3 is 18.2 Å². The average Bonchev–Trinajstić information content (AvgIpc) is 3.83. The summed E-state index contributed by atoms with van der Waals surface area (Å²) in [5.41, 5.74) is 6.23. The Morgan fingerprint density at radius 1 is 0.803 bits per heavy atom. The highest BCUT2D eigenvalue weighted by molar-refractivity contribution is 8.03. The first-order valence-electron chi connectivity index (χ1n) is 22.2. The fourth-order valence-corrected chi connectivity index (χ4v) is 11.3. The van der Waals surface area contributed by atoms with Crippen LogP contribution in [0.5, 0.6) is 0 Å². The van der Waals surface area contributed by atoms with Gasteiger partial charge in [0.1, 0.15) is 31.6 Å². The molecule has 71 heavy (non-hydrogen) atoms. The molecule has 2 saturated heterocycles. The van der Waals surface area contributed by atoms with Crippen molar-refractivity contribution in [1.29, 1.82) is 0 Å². The standard InChI is InChI=1S/C45H52N8O16SSi/c1-25-38-37(26(2)69-71(3,4)5)42(56)50(38)39(43(57)66-22-27-6-12-30(13-7-27)51(60)61)40(25)70-34-18-33(49(21-34)45(59)68-24-29-10-16-32(17-11-29)53(64)65)20-47-41(55)35(19-36(46)54)48-44(58)67-23-28-8-14-31(15-9-28)52(62)63/h6-17,25-26,33-35,37-38H,18-24H2,1-5H3,(H2,46,54)(H,47,55)(H,48,58)/t25-,26-,33+,34+,35+,37-,38-/m1/s1. The van der Waals surface area contributed by atoms with Gasteiger partial charge in [0.25, 0.3) is 17.1 Å². The molecule has 0 aromatic heterocycles. The maximum absolute atomic E-state index is 14.1. The second-order valence-corrected chi connectivity index (χ2v) is 23.8. The first kappa shape index (κ1) is 52.9. The van der Waals surface area contributed by atoms with E-state index in [1.165, 1.54) is 94.4 Å². The number of carbonyl (C=O) groups is 6. The van der Waals surface area contributed by atoms with Crippen molar-refractivity contribution in [2.75, 3.05) is 13.1 Å².